The zero-order valence-corrected chi connectivity index (χ0v) is 15.1. The van der Waals surface area contributed by atoms with Crippen molar-refractivity contribution < 1.29 is 13.6 Å². The summed E-state index contributed by atoms with van der Waals surface area (Å²) in [5, 5.41) is 2.90. The summed E-state index contributed by atoms with van der Waals surface area (Å²) >= 11 is 5.96. The average Bonchev–Trinajstić information content (AvgIpc) is 2.64. The van der Waals surface area contributed by atoms with E-state index in [-0.39, 0.29) is 22.8 Å². The van der Waals surface area contributed by atoms with Crippen LogP contribution in [0.3, 0.4) is 0 Å². The lowest BCUT2D eigenvalue weighted by Crippen LogP contribution is -2.53. The summed E-state index contributed by atoms with van der Waals surface area (Å²) in [5.74, 6) is -0.902. The van der Waals surface area contributed by atoms with Crippen molar-refractivity contribution in [3.05, 3.63) is 59.1 Å². The first kappa shape index (κ1) is 18.6. The molecule has 0 radical (unpaired) electrons. The van der Waals surface area contributed by atoms with Crippen molar-refractivity contribution >= 4 is 28.9 Å². The summed E-state index contributed by atoms with van der Waals surface area (Å²) in [6, 6.07) is 10.2. The molecule has 0 spiro atoms. The predicted molar refractivity (Wildman–Crippen MR) is 99.7 cm³/mol. The molecule has 0 aromatic heterocycles. The number of rotatable bonds is 4. The molecule has 2 aromatic carbocycles. The fourth-order valence-corrected chi connectivity index (χ4v) is 3.27. The van der Waals surface area contributed by atoms with Gasteiger partial charge in [0.2, 0.25) is 5.91 Å². The number of carbonyl (C=O) groups is 1. The number of amides is 1. The maximum Gasteiger partial charge on any atom is 0.241 e. The first-order valence-electron chi connectivity index (χ1n) is 8.45. The summed E-state index contributed by atoms with van der Waals surface area (Å²) in [5.41, 5.74) is 0.970. The molecule has 1 unspecified atom stereocenters. The van der Waals surface area contributed by atoms with E-state index in [4.69, 9.17) is 11.6 Å². The lowest BCUT2D eigenvalue weighted by molar-refractivity contribution is -0.120. The van der Waals surface area contributed by atoms with E-state index in [0.29, 0.717) is 37.6 Å². The number of carbonyl (C=O) groups excluding carboxylic acids is 1. The first-order chi connectivity index (χ1) is 12.5. The zero-order valence-electron chi connectivity index (χ0n) is 14.4. The van der Waals surface area contributed by atoms with Crippen LogP contribution in [0.15, 0.2) is 42.5 Å². The molecule has 2 aromatic rings. The monoisotopic (exact) mass is 379 g/mol. The van der Waals surface area contributed by atoms with Crippen LogP contribution >= 0.6 is 11.6 Å². The Morgan fingerprint density at radius 2 is 1.81 bits per heavy atom. The second kappa shape index (κ2) is 8.01. The normalized spacial score (nSPS) is 16.4. The highest BCUT2D eigenvalue weighted by molar-refractivity contribution is 6.33. The molecule has 1 aliphatic heterocycles. The molecule has 1 saturated heterocycles. The van der Waals surface area contributed by atoms with Gasteiger partial charge in [0, 0.05) is 26.2 Å². The molecule has 0 aliphatic carbocycles. The fraction of sp³-hybridized carbons (Fsp3) is 0.316. The molecule has 1 amide bonds. The van der Waals surface area contributed by atoms with Crippen LogP contribution in [-0.2, 0) is 4.79 Å². The van der Waals surface area contributed by atoms with Crippen LogP contribution in [0.1, 0.15) is 6.92 Å². The van der Waals surface area contributed by atoms with Crippen LogP contribution in [0.25, 0.3) is 0 Å². The van der Waals surface area contributed by atoms with E-state index >= 15 is 0 Å². The Kier molecular flexibility index (Phi) is 5.74. The standard InChI is InChI=1S/C19H20ClF2N3O/c1-13(19(26)23-17-7-6-14(21)12-15(17)20)24-8-10-25(11-9-24)18-5-3-2-4-16(18)22/h2-7,12-13H,8-11H2,1H3,(H,23,26). The molecule has 1 aliphatic rings. The Morgan fingerprint density at radius 1 is 1.12 bits per heavy atom. The molecule has 3 rings (SSSR count). The molecule has 1 atom stereocenters. The zero-order chi connectivity index (χ0) is 18.7. The van der Waals surface area contributed by atoms with Crippen molar-refractivity contribution in [3.8, 4) is 0 Å². The third-order valence-corrected chi connectivity index (χ3v) is 4.94. The van der Waals surface area contributed by atoms with Crippen molar-refractivity contribution in [2.24, 2.45) is 0 Å². The van der Waals surface area contributed by atoms with Gasteiger partial charge in [-0.25, -0.2) is 8.78 Å². The Balaban J connectivity index is 1.58. The summed E-state index contributed by atoms with van der Waals surface area (Å²) in [6.45, 7) is 4.36. The predicted octanol–water partition coefficient (Wildman–Crippen LogP) is 3.77. The van der Waals surface area contributed by atoms with E-state index in [1.165, 1.54) is 18.2 Å². The van der Waals surface area contributed by atoms with Crippen molar-refractivity contribution in [2.45, 2.75) is 13.0 Å². The SMILES string of the molecule is CC(C(=O)Nc1ccc(F)cc1Cl)N1CCN(c2ccccc2F)CC1. The molecular formula is C19H20ClF2N3O. The average molecular weight is 380 g/mol. The number of hydrogen-bond donors (Lipinski definition) is 1. The number of para-hydroxylation sites is 1. The van der Waals surface area contributed by atoms with E-state index in [1.807, 2.05) is 22.8 Å². The second-order valence-corrected chi connectivity index (χ2v) is 6.67. The molecule has 1 fully saturated rings. The third kappa shape index (κ3) is 4.14. The highest BCUT2D eigenvalue weighted by Gasteiger charge is 2.26. The van der Waals surface area contributed by atoms with Crippen molar-refractivity contribution in [3.63, 3.8) is 0 Å². The summed E-state index contributed by atoms with van der Waals surface area (Å²) in [6.07, 6.45) is 0. The Hall–Kier alpha value is -2.18. The molecule has 1 N–H and O–H groups in total. The van der Waals surface area contributed by atoms with Gasteiger partial charge in [0.15, 0.2) is 0 Å². The van der Waals surface area contributed by atoms with Gasteiger partial charge in [0.25, 0.3) is 0 Å². The van der Waals surface area contributed by atoms with Crippen LogP contribution in [-0.4, -0.2) is 43.0 Å². The van der Waals surface area contributed by atoms with E-state index in [0.717, 1.165) is 6.07 Å². The first-order valence-corrected chi connectivity index (χ1v) is 8.83. The van der Waals surface area contributed by atoms with Gasteiger partial charge in [0.1, 0.15) is 11.6 Å². The number of piperazine rings is 1. The van der Waals surface area contributed by atoms with Crippen LogP contribution in [0.5, 0.6) is 0 Å². The van der Waals surface area contributed by atoms with Gasteiger partial charge in [-0.2, -0.15) is 0 Å². The smallest absolute Gasteiger partial charge is 0.241 e. The van der Waals surface area contributed by atoms with Crippen LogP contribution in [0.2, 0.25) is 5.02 Å². The summed E-state index contributed by atoms with van der Waals surface area (Å²) in [7, 11) is 0. The number of hydrogen-bond acceptors (Lipinski definition) is 3. The van der Waals surface area contributed by atoms with Crippen LogP contribution < -0.4 is 10.2 Å². The van der Waals surface area contributed by atoms with Crippen molar-refractivity contribution in [1.29, 1.82) is 0 Å². The van der Waals surface area contributed by atoms with E-state index in [1.54, 1.807) is 12.1 Å². The Bertz CT molecular complexity index is 794. The molecule has 138 valence electrons. The maximum atomic E-state index is 13.9. The van der Waals surface area contributed by atoms with Crippen LogP contribution in [0.4, 0.5) is 20.2 Å². The summed E-state index contributed by atoms with van der Waals surface area (Å²) in [4.78, 5) is 16.5. The molecule has 1 heterocycles. The summed E-state index contributed by atoms with van der Waals surface area (Å²) < 4.78 is 27.0. The van der Waals surface area contributed by atoms with Gasteiger partial charge in [-0.3, -0.25) is 9.69 Å². The molecule has 0 bridgehead atoms. The Morgan fingerprint density at radius 3 is 2.46 bits per heavy atom. The topological polar surface area (TPSA) is 35.6 Å². The van der Waals surface area contributed by atoms with E-state index in [2.05, 4.69) is 5.32 Å². The minimum atomic E-state index is -0.453. The number of nitrogens with one attached hydrogen (secondary N) is 1. The lowest BCUT2D eigenvalue weighted by Gasteiger charge is -2.38. The number of benzene rings is 2. The lowest BCUT2D eigenvalue weighted by atomic mass is 10.2. The third-order valence-electron chi connectivity index (χ3n) is 4.62. The van der Waals surface area contributed by atoms with Gasteiger partial charge in [-0.1, -0.05) is 23.7 Å². The Labute approximate surface area is 156 Å². The van der Waals surface area contributed by atoms with Gasteiger partial charge >= 0.3 is 0 Å². The number of nitrogens with zero attached hydrogens (tertiary/aromatic N) is 2. The van der Waals surface area contributed by atoms with Crippen molar-refractivity contribution in [1.82, 2.24) is 4.90 Å². The molecule has 7 heteroatoms. The minimum Gasteiger partial charge on any atom is -0.367 e. The minimum absolute atomic E-state index is 0.162. The van der Waals surface area contributed by atoms with Crippen molar-refractivity contribution in [2.75, 3.05) is 36.4 Å². The maximum absolute atomic E-state index is 13.9. The second-order valence-electron chi connectivity index (χ2n) is 6.26. The van der Waals surface area contributed by atoms with Crippen LogP contribution in [0, 0.1) is 11.6 Å². The molecular weight excluding hydrogens is 360 g/mol. The highest BCUT2D eigenvalue weighted by atomic mass is 35.5. The number of anilines is 2. The van der Waals surface area contributed by atoms with E-state index in [9.17, 15) is 13.6 Å². The highest BCUT2D eigenvalue weighted by Crippen LogP contribution is 2.24. The van der Waals surface area contributed by atoms with E-state index < -0.39 is 5.82 Å². The fourth-order valence-electron chi connectivity index (χ4n) is 3.05. The van der Waals surface area contributed by atoms with Gasteiger partial charge in [-0.05, 0) is 37.3 Å². The van der Waals surface area contributed by atoms with Gasteiger partial charge in [0.05, 0.1) is 22.4 Å². The molecule has 0 saturated carbocycles. The van der Waals surface area contributed by atoms with Gasteiger partial charge in [-0.15, -0.1) is 0 Å². The molecule has 26 heavy (non-hydrogen) atoms. The molecule has 4 nitrogen and oxygen atoms in total. The van der Waals surface area contributed by atoms with Gasteiger partial charge < -0.3 is 10.2 Å². The number of halogens is 3. The quantitative estimate of drug-likeness (QED) is 0.878. The largest absolute Gasteiger partial charge is 0.367 e.